The summed E-state index contributed by atoms with van der Waals surface area (Å²) in [6.45, 7) is 4.68. The van der Waals surface area contributed by atoms with Crippen LogP contribution in [0.3, 0.4) is 0 Å². The summed E-state index contributed by atoms with van der Waals surface area (Å²) < 4.78 is 0. The normalized spacial score (nSPS) is 8.88. The maximum Gasteiger partial charge on any atom is 0.330 e. The molecule has 0 aliphatic heterocycles. The van der Waals surface area contributed by atoms with Crippen LogP contribution in [-0.4, -0.2) is 27.9 Å². The van der Waals surface area contributed by atoms with Crippen LogP contribution in [-0.2, 0) is 11.2 Å². The van der Waals surface area contributed by atoms with Crippen molar-refractivity contribution in [1.29, 1.82) is 0 Å². The number of rotatable bonds is 3. The highest BCUT2D eigenvalue weighted by Crippen LogP contribution is 2.15. The Morgan fingerprint density at radius 2 is 1.88 bits per heavy atom. The van der Waals surface area contributed by atoms with Crippen molar-refractivity contribution in [2.45, 2.75) is 13.3 Å². The summed E-state index contributed by atoms with van der Waals surface area (Å²) in [5, 5.41) is 25.6. The average molecular weight is 224 g/mol. The first-order chi connectivity index (χ1) is 7.49. The van der Waals surface area contributed by atoms with Crippen molar-refractivity contribution in [3.05, 3.63) is 42.0 Å². The van der Waals surface area contributed by atoms with Crippen LogP contribution in [0.1, 0.15) is 12.5 Å². The van der Waals surface area contributed by atoms with Crippen molar-refractivity contribution in [1.82, 2.24) is 0 Å². The molecule has 0 aromatic heterocycles. The molecule has 0 spiro atoms. The van der Waals surface area contributed by atoms with Gasteiger partial charge in [-0.1, -0.05) is 24.8 Å². The molecule has 0 aliphatic carbocycles. The minimum absolute atomic E-state index is 0.0809. The zero-order chi connectivity index (χ0) is 12.6. The second kappa shape index (κ2) is 7.48. The van der Waals surface area contributed by atoms with E-state index in [0.29, 0.717) is 6.42 Å². The quantitative estimate of drug-likeness (QED) is 0.681. The van der Waals surface area contributed by atoms with Gasteiger partial charge in [-0.15, -0.1) is 0 Å². The number of aliphatic hydroxyl groups excluding tert-OH is 1. The maximum atomic E-state index is 9.60. The predicted octanol–water partition coefficient (Wildman–Crippen LogP) is 1.57. The van der Waals surface area contributed by atoms with Gasteiger partial charge in [0.1, 0.15) is 5.75 Å². The van der Waals surface area contributed by atoms with Gasteiger partial charge in [-0.25, -0.2) is 4.79 Å². The molecule has 0 unspecified atom stereocenters. The first kappa shape index (κ1) is 14.2. The molecule has 1 rings (SSSR count). The lowest BCUT2D eigenvalue weighted by atomic mass is 10.1. The van der Waals surface area contributed by atoms with Crippen LogP contribution < -0.4 is 0 Å². The molecule has 3 N–H and O–H groups in total. The number of aliphatic hydroxyl groups is 1. The average Bonchev–Trinajstić information content (AvgIpc) is 2.22. The summed E-state index contributed by atoms with van der Waals surface area (Å²) in [6.07, 6.45) is 0.521. The van der Waals surface area contributed by atoms with Crippen molar-refractivity contribution < 1.29 is 20.1 Å². The fraction of sp³-hybridized carbons (Fsp3) is 0.250. The van der Waals surface area contributed by atoms with Gasteiger partial charge in [0.2, 0.25) is 0 Å². The Morgan fingerprint density at radius 1 is 1.38 bits per heavy atom. The summed E-state index contributed by atoms with van der Waals surface area (Å²) in [5.74, 6) is -0.674. The van der Waals surface area contributed by atoms with Gasteiger partial charge in [-0.2, -0.15) is 0 Å². The molecule has 1 aromatic carbocycles. The number of carbonyl (C=O) groups is 1. The van der Waals surface area contributed by atoms with Gasteiger partial charge in [0.15, 0.2) is 0 Å². The third-order valence-corrected chi connectivity index (χ3v) is 1.74. The fourth-order valence-corrected chi connectivity index (χ4v) is 0.843. The molecule has 0 saturated carbocycles. The third kappa shape index (κ3) is 5.82. The van der Waals surface area contributed by atoms with Gasteiger partial charge in [0.05, 0.1) is 0 Å². The van der Waals surface area contributed by atoms with Crippen LogP contribution in [0.4, 0.5) is 0 Å². The van der Waals surface area contributed by atoms with E-state index in [2.05, 4.69) is 6.58 Å². The Bertz CT molecular complexity index is 346. The Balaban J connectivity index is 0.000000325. The highest BCUT2D eigenvalue weighted by Gasteiger charge is 1.95. The van der Waals surface area contributed by atoms with Gasteiger partial charge in [-0.3, -0.25) is 0 Å². The lowest BCUT2D eigenvalue weighted by Crippen LogP contribution is -1.92. The number of para-hydroxylation sites is 1. The number of aromatic hydroxyl groups is 1. The van der Waals surface area contributed by atoms with Crippen LogP contribution in [0.15, 0.2) is 36.4 Å². The highest BCUT2D eigenvalue weighted by atomic mass is 16.4. The lowest BCUT2D eigenvalue weighted by molar-refractivity contribution is -0.132. The molecule has 0 radical (unpaired) electrons. The molecule has 0 atom stereocenters. The maximum absolute atomic E-state index is 9.60. The second-order valence-electron chi connectivity index (χ2n) is 3.19. The smallest absolute Gasteiger partial charge is 0.330 e. The van der Waals surface area contributed by atoms with E-state index >= 15 is 0 Å². The van der Waals surface area contributed by atoms with Crippen molar-refractivity contribution in [2.24, 2.45) is 0 Å². The minimum Gasteiger partial charge on any atom is -0.508 e. The number of carboxylic acid groups (broad SMARTS) is 1. The number of hydrogen-bond donors (Lipinski definition) is 3. The number of carboxylic acids is 1. The van der Waals surface area contributed by atoms with E-state index in [1.165, 1.54) is 6.92 Å². The molecule has 0 saturated heterocycles. The molecular formula is C12H16O4. The SMILES string of the molecule is C=C(C)C(=O)O.OCCc1ccccc1O. The van der Waals surface area contributed by atoms with E-state index in [0.717, 1.165) is 5.56 Å². The van der Waals surface area contributed by atoms with Gasteiger partial charge in [0.25, 0.3) is 0 Å². The molecule has 1 aromatic rings. The number of phenolic OH excluding ortho intramolecular Hbond substituents is 1. The van der Waals surface area contributed by atoms with Crippen molar-refractivity contribution in [2.75, 3.05) is 6.61 Å². The first-order valence-corrected chi connectivity index (χ1v) is 4.75. The minimum atomic E-state index is -0.935. The van der Waals surface area contributed by atoms with E-state index in [-0.39, 0.29) is 17.9 Å². The molecule has 0 aliphatic rings. The number of benzene rings is 1. The monoisotopic (exact) mass is 224 g/mol. The summed E-state index contributed by atoms with van der Waals surface area (Å²) >= 11 is 0. The Morgan fingerprint density at radius 3 is 2.25 bits per heavy atom. The molecule has 0 fully saturated rings. The highest BCUT2D eigenvalue weighted by molar-refractivity contribution is 5.84. The molecule has 88 valence electrons. The number of hydrogen-bond acceptors (Lipinski definition) is 3. The van der Waals surface area contributed by atoms with Crippen molar-refractivity contribution in [3.63, 3.8) is 0 Å². The van der Waals surface area contributed by atoms with Gasteiger partial charge in [0, 0.05) is 12.2 Å². The summed E-state index contributed by atoms with van der Waals surface area (Å²) in [5.41, 5.74) is 0.972. The Labute approximate surface area is 94.5 Å². The molecule has 0 heterocycles. The largest absolute Gasteiger partial charge is 0.508 e. The van der Waals surface area contributed by atoms with Crippen LogP contribution in [0.2, 0.25) is 0 Å². The second-order valence-corrected chi connectivity index (χ2v) is 3.19. The van der Waals surface area contributed by atoms with Crippen LogP contribution in [0, 0.1) is 0 Å². The van der Waals surface area contributed by atoms with Crippen molar-refractivity contribution >= 4 is 5.97 Å². The summed E-state index contributed by atoms with van der Waals surface area (Å²) in [4.78, 5) is 9.60. The van der Waals surface area contributed by atoms with Gasteiger partial charge < -0.3 is 15.3 Å². The van der Waals surface area contributed by atoms with Crippen LogP contribution >= 0.6 is 0 Å². The topological polar surface area (TPSA) is 77.8 Å². The zero-order valence-electron chi connectivity index (χ0n) is 9.18. The molecule has 0 amide bonds. The Kier molecular flexibility index (Phi) is 6.63. The van der Waals surface area contributed by atoms with E-state index < -0.39 is 5.97 Å². The molecular weight excluding hydrogens is 208 g/mol. The molecule has 0 bridgehead atoms. The first-order valence-electron chi connectivity index (χ1n) is 4.75. The molecule has 4 heteroatoms. The summed E-state index contributed by atoms with van der Waals surface area (Å²) in [6, 6.07) is 7.01. The third-order valence-electron chi connectivity index (χ3n) is 1.74. The van der Waals surface area contributed by atoms with Crippen molar-refractivity contribution in [3.8, 4) is 5.75 Å². The van der Waals surface area contributed by atoms with E-state index in [9.17, 15) is 4.79 Å². The summed E-state index contributed by atoms with van der Waals surface area (Å²) in [7, 11) is 0. The lowest BCUT2D eigenvalue weighted by Gasteiger charge is -1.99. The van der Waals surface area contributed by atoms with Crippen LogP contribution in [0.25, 0.3) is 0 Å². The van der Waals surface area contributed by atoms with E-state index in [4.69, 9.17) is 15.3 Å². The van der Waals surface area contributed by atoms with Gasteiger partial charge in [-0.05, 0) is 25.0 Å². The Hall–Kier alpha value is -1.81. The molecule has 16 heavy (non-hydrogen) atoms. The van der Waals surface area contributed by atoms with Gasteiger partial charge >= 0.3 is 5.97 Å². The standard InChI is InChI=1S/C8H10O2.C4H6O2/c9-6-5-7-3-1-2-4-8(7)10;1-3(2)4(5)6/h1-4,9-10H,5-6H2;1H2,2H3,(H,5,6). The van der Waals surface area contributed by atoms with E-state index in [1.807, 2.05) is 6.07 Å². The molecule has 4 nitrogen and oxygen atoms in total. The van der Waals surface area contributed by atoms with Crippen LogP contribution in [0.5, 0.6) is 5.75 Å². The predicted molar refractivity (Wildman–Crippen MR) is 61.3 cm³/mol. The van der Waals surface area contributed by atoms with E-state index in [1.54, 1.807) is 18.2 Å². The zero-order valence-corrected chi connectivity index (χ0v) is 9.18. The number of phenols is 1. The number of aliphatic carboxylic acids is 1. The fourth-order valence-electron chi connectivity index (χ4n) is 0.843.